The molecule has 0 radical (unpaired) electrons. The van der Waals surface area contributed by atoms with Gasteiger partial charge in [-0.2, -0.15) is 0 Å². The zero-order chi connectivity index (χ0) is 15.6. The van der Waals surface area contributed by atoms with Crippen molar-refractivity contribution in [1.29, 1.82) is 0 Å². The summed E-state index contributed by atoms with van der Waals surface area (Å²) in [6.45, 7) is 11.3. The van der Waals surface area contributed by atoms with Gasteiger partial charge < -0.3 is 10.6 Å². The van der Waals surface area contributed by atoms with Crippen LogP contribution < -0.4 is 10.6 Å². The minimum atomic E-state index is 0.407. The maximum atomic E-state index is 5.51. The fraction of sp³-hybridized carbons (Fsp3) is 0.611. The molecule has 0 unspecified atom stereocenters. The molecule has 3 heteroatoms. The van der Waals surface area contributed by atoms with Crippen molar-refractivity contribution in [1.82, 2.24) is 5.32 Å². The summed E-state index contributed by atoms with van der Waals surface area (Å²) < 4.78 is 0. The van der Waals surface area contributed by atoms with Crippen LogP contribution in [0.15, 0.2) is 18.2 Å². The van der Waals surface area contributed by atoms with Gasteiger partial charge in [-0.1, -0.05) is 32.9 Å². The van der Waals surface area contributed by atoms with Crippen LogP contribution in [0.2, 0.25) is 0 Å². The van der Waals surface area contributed by atoms with Crippen LogP contribution in [0, 0.1) is 25.2 Å². The van der Waals surface area contributed by atoms with E-state index in [2.05, 4.69) is 63.5 Å². The first kappa shape index (κ1) is 16.3. The summed E-state index contributed by atoms with van der Waals surface area (Å²) in [5, 5.41) is 7.63. The molecule has 1 aromatic rings. The molecule has 0 bridgehead atoms. The summed E-state index contributed by atoms with van der Waals surface area (Å²) >= 11 is 5.51. The molecule has 2 rings (SSSR count). The van der Waals surface area contributed by atoms with Crippen molar-refractivity contribution in [3.05, 3.63) is 29.3 Å². The van der Waals surface area contributed by atoms with Crippen molar-refractivity contribution in [2.45, 2.75) is 59.9 Å². The number of rotatable bonds is 2. The summed E-state index contributed by atoms with van der Waals surface area (Å²) in [5.74, 6) is 0.759. The van der Waals surface area contributed by atoms with Crippen LogP contribution in [0.3, 0.4) is 0 Å². The maximum absolute atomic E-state index is 5.51. The molecule has 1 aromatic carbocycles. The Bertz CT molecular complexity index is 522. The lowest BCUT2D eigenvalue weighted by atomic mass is 9.71. The average Bonchev–Trinajstić information content (AvgIpc) is 2.31. The summed E-state index contributed by atoms with van der Waals surface area (Å²) in [4.78, 5) is 0. The Morgan fingerprint density at radius 1 is 1.24 bits per heavy atom. The Labute approximate surface area is 134 Å². The van der Waals surface area contributed by atoms with E-state index in [0.29, 0.717) is 11.5 Å². The average molecular weight is 305 g/mol. The van der Waals surface area contributed by atoms with Crippen LogP contribution in [0.25, 0.3) is 0 Å². The number of anilines is 1. The van der Waals surface area contributed by atoms with Gasteiger partial charge in [0.25, 0.3) is 0 Å². The molecular formula is C18H28N2S. The molecule has 0 heterocycles. The minimum absolute atomic E-state index is 0.407. The molecule has 2 atom stereocenters. The third-order valence-corrected chi connectivity index (χ3v) is 4.58. The van der Waals surface area contributed by atoms with E-state index < -0.39 is 0 Å². The van der Waals surface area contributed by atoms with E-state index in [1.54, 1.807) is 0 Å². The number of nitrogens with one attached hydrogen (secondary N) is 2. The molecule has 1 aliphatic rings. The molecule has 21 heavy (non-hydrogen) atoms. The third kappa shape index (κ3) is 4.70. The van der Waals surface area contributed by atoms with Gasteiger partial charge in [-0.05, 0) is 73.9 Å². The summed E-state index contributed by atoms with van der Waals surface area (Å²) in [7, 11) is 0. The van der Waals surface area contributed by atoms with Crippen molar-refractivity contribution in [3.63, 3.8) is 0 Å². The molecular weight excluding hydrogens is 276 g/mol. The van der Waals surface area contributed by atoms with E-state index >= 15 is 0 Å². The zero-order valence-electron chi connectivity index (χ0n) is 13.9. The van der Waals surface area contributed by atoms with Gasteiger partial charge in [0, 0.05) is 11.7 Å². The molecule has 1 saturated carbocycles. The fourth-order valence-corrected chi connectivity index (χ4v) is 3.95. The van der Waals surface area contributed by atoms with Crippen LogP contribution in [0.1, 0.15) is 51.2 Å². The Hall–Kier alpha value is -1.09. The molecule has 0 aliphatic heterocycles. The monoisotopic (exact) mass is 304 g/mol. The lowest BCUT2D eigenvalue weighted by molar-refractivity contribution is 0.162. The number of thiocarbonyl (C=S) groups is 1. The first-order valence-corrected chi connectivity index (χ1v) is 8.31. The SMILES string of the molecule is Cc1ccc(C)c(NC(=S)N[C@@H]2C[C@H](C)CC(C)(C)C2)c1. The standard InChI is InChI=1S/C18H28N2S/c1-12-6-7-14(3)16(9-12)20-17(21)19-15-8-13(2)10-18(4,5)11-15/h6-7,9,13,15H,8,10-11H2,1-5H3,(H2,19,20,21)/t13-,15+/m0/s1. The quantitative estimate of drug-likeness (QED) is 0.767. The predicted molar refractivity (Wildman–Crippen MR) is 95.9 cm³/mol. The van der Waals surface area contributed by atoms with Crippen LogP contribution in [0.4, 0.5) is 5.69 Å². The first-order chi connectivity index (χ1) is 9.75. The normalized spacial score (nSPS) is 24.4. The van der Waals surface area contributed by atoms with Crippen LogP contribution in [-0.2, 0) is 0 Å². The van der Waals surface area contributed by atoms with Gasteiger partial charge in [0.1, 0.15) is 0 Å². The summed E-state index contributed by atoms with van der Waals surface area (Å²) in [6.07, 6.45) is 3.70. The van der Waals surface area contributed by atoms with Gasteiger partial charge in [0.2, 0.25) is 0 Å². The number of hydrogen-bond donors (Lipinski definition) is 2. The van der Waals surface area contributed by atoms with Crippen molar-refractivity contribution in [3.8, 4) is 0 Å². The third-order valence-electron chi connectivity index (χ3n) is 4.36. The van der Waals surface area contributed by atoms with Gasteiger partial charge in [0.05, 0.1) is 0 Å². The van der Waals surface area contributed by atoms with Gasteiger partial charge in [-0.25, -0.2) is 0 Å². The predicted octanol–water partition coefficient (Wildman–Crippen LogP) is 4.80. The van der Waals surface area contributed by atoms with Crippen LogP contribution in [0.5, 0.6) is 0 Å². The van der Waals surface area contributed by atoms with Gasteiger partial charge >= 0.3 is 0 Å². The topological polar surface area (TPSA) is 24.1 Å². The molecule has 0 aromatic heterocycles. The second-order valence-corrected chi connectivity index (χ2v) is 7.94. The smallest absolute Gasteiger partial charge is 0.171 e. The van der Waals surface area contributed by atoms with Gasteiger partial charge in [0.15, 0.2) is 5.11 Å². The highest BCUT2D eigenvalue weighted by molar-refractivity contribution is 7.80. The summed E-state index contributed by atoms with van der Waals surface area (Å²) in [6, 6.07) is 6.89. The van der Waals surface area contributed by atoms with Crippen LogP contribution in [-0.4, -0.2) is 11.2 Å². The molecule has 0 amide bonds. The fourth-order valence-electron chi connectivity index (χ4n) is 3.67. The van der Waals surface area contributed by atoms with E-state index in [9.17, 15) is 0 Å². The molecule has 0 saturated heterocycles. The maximum Gasteiger partial charge on any atom is 0.171 e. The van der Waals surface area contributed by atoms with E-state index in [1.807, 2.05) is 0 Å². The molecule has 0 spiro atoms. The van der Waals surface area contributed by atoms with E-state index in [4.69, 9.17) is 12.2 Å². The number of benzene rings is 1. The highest BCUT2D eigenvalue weighted by atomic mass is 32.1. The Morgan fingerprint density at radius 2 is 1.95 bits per heavy atom. The molecule has 2 N–H and O–H groups in total. The molecule has 1 fully saturated rings. The molecule has 116 valence electrons. The van der Waals surface area contributed by atoms with Crippen molar-refractivity contribution in [2.24, 2.45) is 11.3 Å². The second kappa shape index (κ2) is 6.35. The van der Waals surface area contributed by atoms with Crippen molar-refractivity contribution < 1.29 is 0 Å². The Balaban J connectivity index is 1.97. The Morgan fingerprint density at radius 3 is 2.62 bits per heavy atom. The minimum Gasteiger partial charge on any atom is -0.360 e. The lowest BCUT2D eigenvalue weighted by Gasteiger charge is -2.39. The second-order valence-electron chi connectivity index (χ2n) is 7.53. The first-order valence-electron chi connectivity index (χ1n) is 7.90. The highest BCUT2D eigenvalue weighted by Crippen LogP contribution is 2.38. The molecule has 1 aliphatic carbocycles. The van der Waals surface area contributed by atoms with Crippen LogP contribution >= 0.6 is 12.2 Å². The zero-order valence-corrected chi connectivity index (χ0v) is 14.7. The van der Waals surface area contributed by atoms with Gasteiger partial charge in [-0.15, -0.1) is 0 Å². The van der Waals surface area contributed by atoms with E-state index in [0.717, 1.165) is 16.7 Å². The van der Waals surface area contributed by atoms with Crippen molar-refractivity contribution in [2.75, 3.05) is 5.32 Å². The number of hydrogen-bond acceptors (Lipinski definition) is 1. The number of aryl methyl sites for hydroxylation is 2. The summed E-state index contributed by atoms with van der Waals surface area (Å²) in [5.41, 5.74) is 3.99. The highest BCUT2D eigenvalue weighted by Gasteiger charge is 2.32. The lowest BCUT2D eigenvalue weighted by Crippen LogP contribution is -2.44. The molecule has 2 nitrogen and oxygen atoms in total. The Kier molecular flexibility index (Phi) is 4.92. The largest absolute Gasteiger partial charge is 0.360 e. The van der Waals surface area contributed by atoms with E-state index in [-0.39, 0.29) is 0 Å². The van der Waals surface area contributed by atoms with Gasteiger partial charge in [-0.3, -0.25) is 0 Å². The van der Waals surface area contributed by atoms with Crippen molar-refractivity contribution >= 4 is 23.0 Å². The van der Waals surface area contributed by atoms with E-state index in [1.165, 1.54) is 30.4 Å².